The van der Waals surface area contributed by atoms with Crippen LogP contribution in [0.4, 0.5) is 13.2 Å². The molecule has 1 saturated heterocycles. The lowest BCUT2D eigenvalue weighted by Gasteiger charge is -2.31. The zero-order valence-electron chi connectivity index (χ0n) is 14.7. The SMILES string of the molecule is COc1ccc(C(=O)N2CCCC(c3nnc(C(F)(F)F)o3)C2)c(OC)c1. The minimum absolute atomic E-state index is 0.110. The molecule has 0 spiro atoms. The highest BCUT2D eigenvalue weighted by molar-refractivity contribution is 5.97. The molecule has 2 aromatic rings. The molecule has 0 bridgehead atoms. The van der Waals surface area contributed by atoms with Crippen molar-refractivity contribution in [2.24, 2.45) is 0 Å². The third kappa shape index (κ3) is 3.99. The largest absolute Gasteiger partial charge is 0.497 e. The zero-order valence-corrected chi connectivity index (χ0v) is 14.7. The molecular weight excluding hydrogens is 367 g/mol. The molecular formula is C17H18F3N3O4. The van der Waals surface area contributed by atoms with Crippen molar-refractivity contribution in [1.29, 1.82) is 0 Å². The summed E-state index contributed by atoms with van der Waals surface area (Å²) in [5.41, 5.74) is 0.348. The van der Waals surface area contributed by atoms with Gasteiger partial charge in [0, 0.05) is 19.2 Å². The van der Waals surface area contributed by atoms with Crippen molar-refractivity contribution in [3.63, 3.8) is 0 Å². The molecule has 3 rings (SSSR count). The van der Waals surface area contributed by atoms with Crippen LogP contribution in [0.15, 0.2) is 22.6 Å². The maximum absolute atomic E-state index is 12.9. The Hall–Kier alpha value is -2.78. The monoisotopic (exact) mass is 385 g/mol. The van der Waals surface area contributed by atoms with Gasteiger partial charge in [-0.2, -0.15) is 13.2 Å². The van der Waals surface area contributed by atoms with Crippen molar-refractivity contribution >= 4 is 5.91 Å². The number of benzene rings is 1. The first-order chi connectivity index (χ1) is 12.8. The number of amides is 1. The van der Waals surface area contributed by atoms with Crippen molar-refractivity contribution in [1.82, 2.24) is 15.1 Å². The van der Waals surface area contributed by atoms with Crippen LogP contribution in [-0.2, 0) is 6.18 Å². The number of halogens is 3. The van der Waals surface area contributed by atoms with E-state index in [4.69, 9.17) is 13.9 Å². The van der Waals surface area contributed by atoms with Gasteiger partial charge in [0.15, 0.2) is 0 Å². The molecule has 1 aliphatic heterocycles. The van der Waals surface area contributed by atoms with Crippen molar-refractivity contribution in [2.45, 2.75) is 24.9 Å². The number of rotatable bonds is 4. The molecule has 7 nitrogen and oxygen atoms in total. The van der Waals surface area contributed by atoms with Crippen LogP contribution in [0.25, 0.3) is 0 Å². The molecule has 0 radical (unpaired) electrons. The highest BCUT2D eigenvalue weighted by Gasteiger charge is 2.39. The summed E-state index contributed by atoms with van der Waals surface area (Å²) in [7, 11) is 2.95. The lowest BCUT2D eigenvalue weighted by molar-refractivity contribution is -0.157. The number of hydrogen-bond acceptors (Lipinski definition) is 6. The van der Waals surface area contributed by atoms with Gasteiger partial charge in [0.05, 0.1) is 25.7 Å². The molecule has 1 aliphatic rings. The Morgan fingerprint density at radius 1 is 1.26 bits per heavy atom. The van der Waals surface area contributed by atoms with E-state index in [2.05, 4.69) is 10.2 Å². The highest BCUT2D eigenvalue weighted by Crippen LogP contribution is 2.33. The minimum Gasteiger partial charge on any atom is -0.497 e. The molecule has 1 fully saturated rings. The fourth-order valence-corrected chi connectivity index (χ4v) is 3.02. The predicted octanol–water partition coefficient (Wildman–Crippen LogP) is 3.13. The molecule has 1 aromatic heterocycles. The smallest absolute Gasteiger partial charge is 0.470 e. The second-order valence-electron chi connectivity index (χ2n) is 6.10. The summed E-state index contributed by atoms with van der Waals surface area (Å²) in [6.07, 6.45) is -3.52. The first-order valence-corrected chi connectivity index (χ1v) is 8.25. The second kappa shape index (κ2) is 7.45. The number of carbonyl (C=O) groups excluding carboxylic acids is 1. The summed E-state index contributed by atoms with van der Waals surface area (Å²) in [5, 5.41) is 6.57. The Labute approximate surface area is 153 Å². The maximum atomic E-state index is 12.9. The number of carbonyl (C=O) groups is 1. The third-order valence-corrected chi connectivity index (χ3v) is 4.38. The number of piperidine rings is 1. The Bertz CT molecular complexity index is 822. The maximum Gasteiger partial charge on any atom is 0.470 e. The fraction of sp³-hybridized carbons (Fsp3) is 0.471. The van der Waals surface area contributed by atoms with Crippen molar-refractivity contribution in [3.05, 3.63) is 35.5 Å². The van der Waals surface area contributed by atoms with Crippen LogP contribution in [0.1, 0.15) is 40.9 Å². The van der Waals surface area contributed by atoms with E-state index in [0.717, 1.165) is 0 Å². The molecule has 1 aromatic carbocycles. The molecule has 0 N–H and O–H groups in total. The van der Waals surface area contributed by atoms with Crippen molar-refractivity contribution in [3.8, 4) is 11.5 Å². The number of nitrogens with zero attached hydrogens (tertiary/aromatic N) is 3. The van der Waals surface area contributed by atoms with Crippen LogP contribution >= 0.6 is 0 Å². The van der Waals surface area contributed by atoms with Crippen LogP contribution in [0.2, 0.25) is 0 Å². The van der Waals surface area contributed by atoms with E-state index in [1.165, 1.54) is 14.2 Å². The third-order valence-electron chi connectivity index (χ3n) is 4.38. The molecule has 1 atom stereocenters. The quantitative estimate of drug-likeness (QED) is 0.805. The Morgan fingerprint density at radius 3 is 2.67 bits per heavy atom. The molecule has 146 valence electrons. The molecule has 10 heteroatoms. The number of ether oxygens (including phenoxy) is 2. The predicted molar refractivity (Wildman–Crippen MR) is 86.7 cm³/mol. The van der Waals surface area contributed by atoms with Gasteiger partial charge < -0.3 is 18.8 Å². The van der Waals surface area contributed by atoms with Gasteiger partial charge in [0.1, 0.15) is 11.5 Å². The summed E-state index contributed by atoms with van der Waals surface area (Å²) >= 11 is 0. The van der Waals surface area contributed by atoms with Gasteiger partial charge in [0.25, 0.3) is 5.91 Å². The first-order valence-electron chi connectivity index (χ1n) is 8.25. The van der Waals surface area contributed by atoms with E-state index in [1.54, 1.807) is 23.1 Å². The molecule has 1 unspecified atom stereocenters. The summed E-state index contributed by atoms with van der Waals surface area (Å²) < 4.78 is 53.1. The van der Waals surface area contributed by atoms with Crippen LogP contribution in [-0.4, -0.2) is 48.3 Å². The Kier molecular flexibility index (Phi) is 5.24. The number of hydrogen-bond donors (Lipinski definition) is 0. The van der Waals surface area contributed by atoms with E-state index in [0.29, 0.717) is 36.4 Å². The summed E-state index contributed by atoms with van der Waals surface area (Å²) in [6, 6.07) is 4.84. The zero-order chi connectivity index (χ0) is 19.6. The van der Waals surface area contributed by atoms with Gasteiger partial charge in [-0.15, -0.1) is 10.2 Å². The number of likely N-dealkylation sites (tertiary alicyclic amines) is 1. The van der Waals surface area contributed by atoms with E-state index < -0.39 is 18.0 Å². The first kappa shape index (κ1) is 19.0. The Balaban J connectivity index is 1.78. The average Bonchev–Trinajstić information content (AvgIpc) is 3.18. The number of alkyl halides is 3. The highest BCUT2D eigenvalue weighted by atomic mass is 19.4. The summed E-state index contributed by atoms with van der Waals surface area (Å²) in [6.45, 7) is 0.665. The van der Waals surface area contributed by atoms with Crippen LogP contribution in [0.5, 0.6) is 11.5 Å². The summed E-state index contributed by atoms with van der Waals surface area (Å²) in [4.78, 5) is 14.4. The van der Waals surface area contributed by atoms with Crippen molar-refractivity contribution < 1.29 is 31.9 Å². The van der Waals surface area contributed by atoms with Gasteiger partial charge in [-0.05, 0) is 25.0 Å². The molecule has 0 saturated carbocycles. The van der Waals surface area contributed by atoms with Gasteiger partial charge in [-0.25, -0.2) is 0 Å². The van der Waals surface area contributed by atoms with E-state index >= 15 is 0 Å². The van der Waals surface area contributed by atoms with Gasteiger partial charge in [-0.1, -0.05) is 0 Å². The lowest BCUT2D eigenvalue weighted by Crippen LogP contribution is -2.39. The van der Waals surface area contributed by atoms with Crippen LogP contribution in [0.3, 0.4) is 0 Å². The number of methoxy groups -OCH3 is 2. The van der Waals surface area contributed by atoms with Gasteiger partial charge >= 0.3 is 12.1 Å². The normalized spacial score (nSPS) is 17.7. The lowest BCUT2D eigenvalue weighted by atomic mass is 9.97. The van der Waals surface area contributed by atoms with Gasteiger partial charge in [-0.3, -0.25) is 4.79 Å². The van der Waals surface area contributed by atoms with Gasteiger partial charge in [0.2, 0.25) is 5.89 Å². The fourth-order valence-electron chi connectivity index (χ4n) is 3.02. The van der Waals surface area contributed by atoms with Crippen molar-refractivity contribution in [2.75, 3.05) is 27.3 Å². The second-order valence-corrected chi connectivity index (χ2v) is 6.10. The molecule has 27 heavy (non-hydrogen) atoms. The average molecular weight is 385 g/mol. The molecule has 2 heterocycles. The van der Waals surface area contributed by atoms with Crippen LogP contribution in [0, 0.1) is 0 Å². The van der Waals surface area contributed by atoms with E-state index in [-0.39, 0.29) is 18.3 Å². The standard InChI is InChI=1S/C17H18F3N3O4/c1-25-11-5-6-12(13(8-11)26-2)15(24)23-7-3-4-10(9-23)14-21-22-16(27-14)17(18,19)20/h5-6,8,10H,3-4,7,9H2,1-2H3. The summed E-state index contributed by atoms with van der Waals surface area (Å²) in [5.74, 6) is -1.31. The molecule has 1 amide bonds. The minimum atomic E-state index is -4.69. The number of aromatic nitrogens is 2. The van der Waals surface area contributed by atoms with E-state index in [1.807, 2.05) is 0 Å². The topological polar surface area (TPSA) is 77.7 Å². The van der Waals surface area contributed by atoms with Crippen LogP contribution < -0.4 is 9.47 Å². The Morgan fingerprint density at radius 2 is 2.04 bits per heavy atom. The van der Waals surface area contributed by atoms with E-state index in [9.17, 15) is 18.0 Å². The molecule has 0 aliphatic carbocycles.